The first-order valence-corrected chi connectivity index (χ1v) is 13.6. The SMILES string of the molecule is CCCCOC(=O)c1ccc(NC(=O)CSc2ccc(NS(=O)(=O)c3ccc(C)cc3)cc2)cc1. The number of sulfonamides is 1. The lowest BCUT2D eigenvalue weighted by Gasteiger charge is -2.09. The molecule has 0 saturated carbocycles. The van der Waals surface area contributed by atoms with Gasteiger partial charge in [0.2, 0.25) is 5.91 Å². The lowest BCUT2D eigenvalue weighted by Crippen LogP contribution is -2.14. The molecular formula is C26H28N2O5S2. The first-order chi connectivity index (χ1) is 16.8. The van der Waals surface area contributed by atoms with Gasteiger partial charge in [-0.1, -0.05) is 31.0 Å². The lowest BCUT2D eigenvalue weighted by atomic mass is 10.2. The van der Waals surface area contributed by atoms with Crippen LogP contribution in [0.5, 0.6) is 0 Å². The fraction of sp³-hybridized carbons (Fsp3) is 0.231. The molecule has 0 fully saturated rings. The van der Waals surface area contributed by atoms with Crippen molar-refractivity contribution in [3.05, 3.63) is 83.9 Å². The molecule has 0 spiro atoms. The Hall–Kier alpha value is -3.30. The zero-order chi connectivity index (χ0) is 25.3. The minimum atomic E-state index is -3.67. The van der Waals surface area contributed by atoms with Crippen molar-refractivity contribution in [1.29, 1.82) is 0 Å². The molecule has 0 saturated heterocycles. The van der Waals surface area contributed by atoms with Gasteiger partial charge in [0.25, 0.3) is 10.0 Å². The first-order valence-electron chi connectivity index (χ1n) is 11.2. The van der Waals surface area contributed by atoms with E-state index in [0.717, 1.165) is 23.3 Å². The number of hydrogen-bond donors (Lipinski definition) is 2. The monoisotopic (exact) mass is 512 g/mol. The van der Waals surface area contributed by atoms with Crippen molar-refractivity contribution in [3.63, 3.8) is 0 Å². The standard InChI is InChI=1S/C26H28N2O5S2/c1-3-4-17-33-26(30)20-7-9-21(10-8-20)27-25(29)18-34-23-13-11-22(12-14-23)28-35(31,32)24-15-5-19(2)6-16-24/h5-16,28H,3-4,17-18H2,1-2H3,(H,27,29). The lowest BCUT2D eigenvalue weighted by molar-refractivity contribution is -0.113. The zero-order valence-corrected chi connectivity index (χ0v) is 21.2. The van der Waals surface area contributed by atoms with Crippen LogP contribution >= 0.6 is 11.8 Å². The van der Waals surface area contributed by atoms with Gasteiger partial charge in [0.15, 0.2) is 0 Å². The van der Waals surface area contributed by atoms with E-state index in [9.17, 15) is 18.0 Å². The second-order valence-electron chi connectivity index (χ2n) is 7.85. The van der Waals surface area contributed by atoms with Gasteiger partial charge in [-0.3, -0.25) is 9.52 Å². The third kappa shape index (κ3) is 8.15. The maximum Gasteiger partial charge on any atom is 0.338 e. The number of benzene rings is 3. The van der Waals surface area contributed by atoms with E-state index in [2.05, 4.69) is 10.0 Å². The fourth-order valence-electron chi connectivity index (χ4n) is 2.98. The van der Waals surface area contributed by atoms with Gasteiger partial charge in [0.1, 0.15) is 0 Å². The van der Waals surface area contributed by atoms with E-state index in [1.54, 1.807) is 72.8 Å². The largest absolute Gasteiger partial charge is 0.462 e. The molecule has 0 atom stereocenters. The normalized spacial score (nSPS) is 11.0. The van der Waals surface area contributed by atoms with Gasteiger partial charge in [0.05, 0.1) is 22.8 Å². The molecule has 0 aliphatic carbocycles. The molecule has 0 heterocycles. The summed E-state index contributed by atoms with van der Waals surface area (Å²) < 4.78 is 32.7. The van der Waals surface area contributed by atoms with Crippen molar-refractivity contribution >= 4 is 45.0 Å². The van der Waals surface area contributed by atoms with Gasteiger partial charge in [0, 0.05) is 16.3 Å². The third-order valence-electron chi connectivity index (χ3n) is 4.94. The zero-order valence-electron chi connectivity index (χ0n) is 19.6. The summed E-state index contributed by atoms with van der Waals surface area (Å²) in [6.07, 6.45) is 1.77. The number of esters is 1. The third-order valence-corrected chi connectivity index (χ3v) is 7.35. The number of carbonyl (C=O) groups is 2. The van der Waals surface area contributed by atoms with Crippen LogP contribution < -0.4 is 10.0 Å². The van der Waals surface area contributed by atoms with Gasteiger partial charge < -0.3 is 10.1 Å². The van der Waals surface area contributed by atoms with Crippen molar-refractivity contribution in [2.75, 3.05) is 22.4 Å². The Balaban J connectivity index is 1.48. The highest BCUT2D eigenvalue weighted by Crippen LogP contribution is 2.23. The number of ether oxygens (including phenoxy) is 1. The van der Waals surface area contributed by atoms with Crippen LogP contribution in [0.15, 0.2) is 82.6 Å². The van der Waals surface area contributed by atoms with E-state index in [1.165, 1.54) is 11.8 Å². The maximum absolute atomic E-state index is 12.5. The topological polar surface area (TPSA) is 102 Å². The summed E-state index contributed by atoms with van der Waals surface area (Å²) in [5, 5.41) is 2.79. The Bertz CT molecular complexity index is 1240. The summed E-state index contributed by atoms with van der Waals surface area (Å²) in [6, 6.07) is 20.0. The highest BCUT2D eigenvalue weighted by molar-refractivity contribution is 8.00. The maximum atomic E-state index is 12.5. The van der Waals surface area contributed by atoms with Gasteiger partial charge in [-0.25, -0.2) is 13.2 Å². The second kappa shape index (κ2) is 12.4. The molecule has 3 aromatic carbocycles. The van der Waals surface area contributed by atoms with Crippen molar-refractivity contribution in [2.45, 2.75) is 36.5 Å². The average Bonchev–Trinajstić information content (AvgIpc) is 2.84. The summed E-state index contributed by atoms with van der Waals surface area (Å²) >= 11 is 1.33. The molecule has 2 N–H and O–H groups in total. The van der Waals surface area contributed by atoms with Gasteiger partial charge in [-0.2, -0.15) is 0 Å². The number of carbonyl (C=O) groups excluding carboxylic acids is 2. The van der Waals surface area contributed by atoms with Crippen LogP contribution in [0, 0.1) is 6.92 Å². The summed E-state index contributed by atoms with van der Waals surface area (Å²) in [4.78, 5) is 25.3. The molecule has 0 aliphatic heterocycles. The molecule has 0 aromatic heterocycles. The quantitative estimate of drug-likeness (QED) is 0.200. The molecule has 3 rings (SSSR count). The van der Waals surface area contributed by atoms with E-state index < -0.39 is 10.0 Å². The average molecular weight is 513 g/mol. The number of anilines is 2. The molecule has 1 amide bonds. The summed E-state index contributed by atoms with van der Waals surface area (Å²) in [6.45, 7) is 4.31. The number of hydrogen-bond acceptors (Lipinski definition) is 6. The van der Waals surface area contributed by atoms with Crippen LogP contribution in [0.3, 0.4) is 0 Å². The Morgan fingerprint density at radius 2 is 1.51 bits per heavy atom. The van der Waals surface area contributed by atoms with Crippen LogP contribution in [0.1, 0.15) is 35.7 Å². The second-order valence-corrected chi connectivity index (χ2v) is 10.6. The van der Waals surface area contributed by atoms with E-state index in [-0.39, 0.29) is 22.5 Å². The number of aryl methyl sites for hydroxylation is 1. The highest BCUT2D eigenvalue weighted by atomic mass is 32.2. The van der Waals surface area contributed by atoms with Crippen LogP contribution in [-0.4, -0.2) is 32.7 Å². The van der Waals surface area contributed by atoms with E-state index in [1.807, 2.05) is 13.8 Å². The van der Waals surface area contributed by atoms with Crippen molar-refractivity contribution in [3.8, 4) is 0 Å². The van der Waals surface area contributed by atoms with Crippen LogP contribution in [0.2, 0.25) is 0 Å². The van der Waals surface area contributed by atoms with Gasteiger partial charge in [-0.15, -0.1) is 11.8 Å². The van der Waals surface area contributed by atoms with Crippen LogP contribution in [0.25, 0.3) is 0 Å². The molecule has 35 heavy (non-hydrogen) atoms. The van der Waals surface area contributed by atoms with Crippen LogP contribution in [0.4, 0.5) is 11.4 Å². The number of rotatable bonds is 11. The van der Waals surface area contributed by atoms with E-state index >= 15 is 0 Å². The molecule has 184 valence electrons. The predicted octanol–water partition coefficient (Wildman–Crippen LogP) is 5.48. The summed E-state index contributed by atoms with van der Waals surface area (Å²) in [7, 11) is -3.67. The molecule has 0 aliphatic rings. The Morgan fingerprint density at radius 1 is 0.886 bits per heavy atom. The van der Waals surface area contributed by atoms with E-state index in [0.29, 0.717) is 23.5 Å². The fourth-order valence-corrected chi connectivity index (χ4v) is 4.74. The highest BCUT2D eigenvalue weighted by Gasteiger charge is 2.14. The molecule has 3 aromatic rings. The van der Waals surface area contributed by atoms with Crippen molar-refractivity contribution in [1.82, 2.24) is 0 Å². The summed E-state index contributed by atoms with van der Waals surface area (Å²) in [5.74, 6) is -0.399. The Labute approximate surface area is 210 Å². The Kier molecular flexibility index (Phi) is 9.33. The van der Waals surface area contributed by atoms with E-state index in [4.69, 9.17) is 4.74 Å². The molecule has 9 heteroatoms. The number of amides is 1. The molecule has 7 nitrogen and oxygen atoms in total. The first kappa shape index (κ1) is 26.3. The number of thioether (sulfide) groups is 1. The summed E-state index contributed by atoms with van der Waals surface area (Å²) in [5.41, 5.74) is 2.44. The van der Waals surface area contributed by atoms with Gasteiger partial charge in [-0.05, 0) is 74.0 Å². The molecule has 0 unspecified atom stereocenters. The predicted molar refractivity (Wildman–Crippen MR) is 139 cm³/mol. The Morgan fingerprint density at radius 3 is 2.14 bits per heavy atom. The van der Waals surface area contributed by atoms with Crippen molar-refractivity contribution < 1.29 is 22.7 Å². The molecular weight excluding hydrogens is 484 g/mol. The number of nitrogens with one attached hydrogen (secondary N) is 2. The minimum Gasteiger partial charge on any atom is -0.462 e. The molecule has 0 bridgehead atoms. The number of unbranched alkanes of at least 4 members (excludes halogenated alkanes) is 1. The van der Waals surface area contributed by atoms with Gasteiger partial charge >= 0.3 is 5.97 Å². The molecule has 0 radical (unpaired) electrons. The van der Waals surface area contributed by atoms with Crippen LogP contribution in [-0.2, 0) is 19.6 Å². The minimum absolute atomic E-state index is 0.176. The smallest absolute Gasteiger partial charge is 0.338 e. The van der Waals surface area contributed by atoms with Crippen molar-refractivity contribution in [2.24, 2.45) is 0 Å².